The van der Waals surface area contributed by atoms with Gasteiger partial charge < -0.3 is 20.4 Å². The van der Waals surface area contributed by atoms with Crippen LogP contribution in [0.15, 0.2) is 60.9 Å². The van der Waals surface area contributed by atoms with E-state index in [9.17, 15) is 13.6 Å². The molecule has 0 saturated heterocycles. The van der Waals surface area contributed by atoms with Gasteiger partial charge in [-0.15, -0.1) is 0 Å². The van der Waals surface area contributed by atoms with Crippen molar-refractivity contribution in [2.75, 3.05) is 10.6 Å². The normalized spacial score (nSPS) is 10.6. The summed E-state index contributed by atoms with van der Waals surface area (Å²) in [4.78, 5) is 15.0. The molecule has 0 aliphatic heterocycles. The molecule has 0 radical (unpaired) electrons. The van der Waals surface area contributed by atoms with Crippen molar-refractivity contribution in [1.82, 2.24) is 4.98 Å². The molecular weight excluding hydrogens is 364 g/mol. The molecule has 0 spiro atoms. The number of rotatable bonds is 5. The van der Waals surface area contributed by atoms with Crippen LogP contribution in [-0.4, -0.2) is 17.6 Å². The second-order valence-corrected chi connectivity index (χ2v) is 5.69. The van der Waals surface area contributed by atoms with Crippen LogP contribution in [0.3, 0.4) is 0 Å². The first-order valence-corrected chi connectivity index (χ1v) is 7.94. The van der Waals surface area contributed by atoms with Gasteiger partial charge in [-0.05, 0) is 47.5 Å². The van der Waals surface area contributed by atoms with Crippen LogP contribution in [0, 0.1) is 0 Å². The number of hydrogen-bond acceptors (Lipinski definition) is 2. The van der Waals surface area contributed by atoms with Crippen molar-refractivity contribution in [3.63, 3.8) is 0 Å². The van der Waals surface area contributed by atoms with Gasteiger partial charge in [0.25, 0.3) is 0 Å². The summed E-state index contributed by atoms with van der Waals surface area (Å²) in [5, 5.41) is 5.22. The molecule has 0 fully saturated rings. The predicted octanol–water partition coefficient (Wildman–Crippen LogP) is 5.58. The first kappa shape index (κ1) is 17.8. The van der Waals surface area contributed by atoms with Crippen molar-refractivity contribution in [2.24, 2.45) is 0 Å². The molecular formula is C18H14ClF2N3O2. The molecule has 0 aliphatic carbocycles. The Morgan fingerprint density at radius 3 is 2.31 bits per heavy atom. The fourth-order valence-electron chi connectivity index (χ4n) is 2.31. The summed E-state index contributed by atoms with van der Waals surface area (Å²) in [6.07, 6.45) is 3.71. The van der Waals surface area contributed by atoms with Crippen LogP contribution in [-0.2, 0) is 0 Å². The second-order valence-electron chi connectivity index (χ2n) is 5.28. The van der Waals surface area contributed by atoms with Crippen LogP contribution < -0.4 is 15.4 Å². The van der Waals surface area contributed by atoms with E-state index in [-0.39, 0.29) is 10.8 Å². The number of anilines is 2. The van der Waals surface area contributed by atoms with Crippen LogP contribution in [0.1, 0.15) is 0 Å². The fourth-order valence-corrected chi connectivity index (χ4v) is 2.54. The highest BCUT2D eigenvalue weighted by atomic mass is 35.5. The van der Waals surface area contributed by atoms with Crippen molar-refractivity contribution >= 4 is 29.0 Å². The maximum atomic E-state index is 12.2. The van der Waals surface area contributed by atoms with Crippen molar-refractivity contribution in [3.8, 4) is 16.9 Å². The van der Waals surface area contributed by atoms with E-state index in [0.717, 1.165) is 11.1 Å². The second kappa shape index (κ2) is 7.88. The highest BCUT2D eigenvalue weighted by Crippen LogP contribution is 2.29. The van der Waals surface area contributed by atoms with Crippen molar-refractivity contribution in [1.29, 1.82) is 0 Å². The van der Waals surface area contributed by atoms with E-state index in [2.05, 4.69) is 20.4 Å². The average Bonchev–Trinajstić information content (AvgIpc) is 3.12. The molecule has 1 heterocycles. The third-order valence-corrected chi connectivity index (χ3v) is 3.78. The number of amides is 2. The largest absolute Gasteiger partial charge is 0.433 e. The maximum absolute atomic E-state index is 12.2. The summed E-state index contributed by atoms with van der Waals surface area (Å²) in [5.41, 5.74) is 3.00. The molecule has 8 heteroatoms. The first-order chi connectivity index (χ1) is 12.5. The molecule has 134 valence electrons. The molecule has 5 nitrogen and oxygen atoms in total. The third kappa shape index (κ3) is 4.52. The van der Waals surface area contributed by atoms with Gasteiger partial charge in [-0.3, -0.25) is 0 Å². The first-order valence-electron chi connectivity index (χ1n) is 7.57. The third-order valence-electron chi connectivity index (χ3n) is 3.48. The summed E-state index contributed by atoms with van der Waals surface area (Å²) in [7, 11) is 0. The zero-order chi connectivity index (χ0) is 18.5. The minimum Gasteiger partial charge on any atom is -0.433 e. The maximum Gasteiger partial charge on any atom is 0.387 e. The molecule has 0 aliphatic rings. The molecule has 3 N–H and O–H groups in total. The molecule has 1 aromatic heterocycles. The molecule has 26 heavy (non-hydrogen) atoms. The molecule has 0 bridgehead atoms. The lowest BCUT2D eigenvalue weighted by Crippen LogP contribution is -2.19. The molecule has 3 rings (SSSR count). The molecule has 0 saturated carbocycles. The minimum atomic E-state index is -2.97. The number of nitrogens with one attached hydrogen (secondary N) is 3. The van der Waals surface area contributed by atoms with Gasteiger partial charge in [-0.2, -0.15) is 8.78 Å². The number of hydrogen-bond donors (Lipinski definition) is 3. The van der Waals surface area contributed by atoms with Crippen LogP contribution in [0.5, 0.6) is 5.75 Å². The number of ether oxygens (including phenoxy) is 1. The smallest absolute Gasteiger partial charge is 0.387 e. The summed E-state index contributed by atoms with van der Waals surface area (Å²) >= 11 is 5.85. The predicted molar refractivity (Wildman–Crippen MR) is 97.0 cm³/mol. The van der Waals surface area contributed by atoms with Gasteiger partial charge in [-0.25, -0.2) is 4.79 Å². The van der Waals surface area contributed by atoms with E-state index in [1.165, 1.54) is 18.2 Å². The standard InChI is InChI=1S/C18H14ClF2N3O2/c19-15-9-14(5-6-16(15)26-17(20)21)24-18(25)23-13-3-1-11(2-4-13)12-7-8-22-10-12/h1-10,17,22H,(H2,23,24,25). The van der Waals surface area contributed by atoms with Gasteiger partial charge in [-0.1, -0.05) is 23.7 Å². The van der Waals surface area contributed by atoms with Gasteiger partial charge in [0.15, 0.2) is 0 Å². The highest BCUT2D eigenvalue weighted by Gasteiger charge is 2.10. The van der Waals surface area contributed by atoms with Crippen molar-refractivity contribution in [2.45, 2.75) is 6.61 Å². The van der Waals surface area contributed by atoms with E-state index in [1.54, 1.807) is 12.1 Å². The summed E-state index contributed by atoms with van der Waals surface area (Å²) in [6.45, 7) is -2.97. The van der Waals surface area contributed by atoms with E-state index in [0.29, 0.717) is 11.4 Å². The number of carbonyl (C=O) groups excluding carboxylic acids is 1. The van der Waals surface area contributed by atoms with E-state index >= 15 is 0 Å². The molecule has 3 aromatic rings. The Morgan fingerprint density at radius 2 is 1.69 bits per heavy atom. The zero-order valence-corrected chi connectivity index (χ0v) is 14.1. The number of urea groups is 1. The number of carbonyl (C=O) groups is 1. The van der Waals surface area contributed by atoms with Gasteiger partial charge in [0.2, 0.25) is 0 Å². The molecule has 0 atom stereocenters. The van der Waals surface area contributed by atoms with Crippen molar-refractivity contribution in [3.05, 3.63) is 65.9 Å². The monoisotopic (exact) mass is 377 g/mol. The van der Waals surface area contributed by atoms with Gasteiger partial charge >= 0.3 is 12.6 Å². The Labute approximate surface area is 152 Å². The molecule has 2 amide bonds. The van der Waals surface area contributed by atoms with Gasteiger partial charge in [0, 0.05) is 23.8 Å². The number of alkyl halides is 2. The zero-order valence-electron chi connectivity index (χ0n) is 13.3. The van der Waals surface area contributed by atoms with E-state index < -0.39 is 12.6 Å². The Balaban J connectivity index is 1.61. The van der Waals surface area contributed by atoms with Crippen LogP contribution >= 0.6 is 11.6 Å². The van der Waals surface area contributed by atoms with E-state index in [1.807, 2.05) is 30.6 Å². The highest BCUT2D eigenvalue weighted by molar-refractivity contribution is 6.32. The van der Waals surface area contributed by atoms with Crippen LogP contribution in [0.25, 0.3) is 11.1 Å². The summed E-state index contributed by atoms with van der Waals surface area (Å²) < 4.78 is 28.7. The van der Waals surface area contributed by atoms with Crippen LogP contribution in [0.4, 0.5) is 25.0 Å². The number of aromatic nitrogens is 1. The Morgan fingerprint density at radius 1 is 1.00 bits per heavy atom. The molecule has 0 unspecified atom stereocenters. The Kier molecular flexibility index (Phi) is 5.38. The molecule has 2 aromatic carbocycles. The number of benzene rings is 2. The van der Waals surface area contributed by atoms with Crippen LogP contribution in [0.2, 0.25) is 5.02 Å². The lowest BCUT2D eigenvalue weighted by atomic mass is 10.1. The SMILES string of the molecule is O=C(Nc1ccc(-c2cc[nH]c2)cc1)Nc1ccc(OC(F)F)c(Cl)c1. The summed E-state index contributed by atoms with van der Waals surface area (Å²) in [6, 6.07) is 12.8. The average molecular weight is 378 g/mol. The quantitative estimate of drug-likeness (QED) is 0.543. The van der Waals surface area contributed by atoms with Gasteiger partial charge in [0.05, 0.1) is 5.02 Å². The topological polar surface area (TPSA) is 66.2 Å². The number of aromatic amines is 1. The number of halogens is 3. The minimum absolute atomic E-state index is 0.0287. The van der Waals surface area contributed by atoms with Gasteiger partial charge in [0.1, 0.15) is 5.75 Å². The lowest BCUT2D eigenvalue weighted by Gasteiger charge is -2.11. The fraction of sp³-hybridized carbons (Fsp3) is 0.0556. The Bertz CT molecular complexity index is 884. The van der Waals surface area contributed by atoms with E-state index in [4.69, 9.17) is 11.6 Å². The van der Waals surface area contributed by atoms with Crippen molar-refractivity contribution < 1.29 is 18.3 Å². The summed E-state index contributed by atoms with van der Waals surface area (Å²) in [5.74, 6) is -0.159. The number of H-pyrrole nitrogens is 1. The lowest BCUT2D eigenvalue weighted by molar-refractivity contribution is -0.0497. The Hall–Kier alpha value is -3.06.